The summed E-state index contributed by atoms with van der Waals surface area (Å²) in [7, 11) is 0. The first-order valence-electron chi connectivity index (χ1n) is 14.1. The van der Waals surface area contributed by atoms with Gasteiger partial charge in [0.2, 0.25) is 0 Å². The lowest BCUT2D eigenvalue weighted by atomic mass is 9.31. The Balaban J connectivity index is 1.59. The summed E-state index contributed by atoms with van der Waals surface area (Å²) in [5, 5.41) is 33.4. The molecule has 0 amide bonds. The summed E-state index contributed by atoms with van der Waals surface area (Å²) in [6.45, 7) is 16.5. The Morgan fingerprint density at radius 1 is 0.765 bits per heavy atom. The molecular formula is C30H50O4. The van der Waals surface area contributed by atoms with Gasteiger partial charge in [-0.3, -0.25) is 4.79 Å². The quantitative estimate of drug-likeness (QED) is 0.418. The average Bonchev–Trinajstić information content (AvgIpc) is 2.72. The van der Waals surface area contributed by atoms with E-state index in [4.69, 9.17) is 0 Å². The molecule has 0 bridgehead atoms. The van der Waals surface area contributed by atoms with E-state index >= 15 is 0 Å². The molecule has 4 nitrogen and oxygen atoms in total. The molecule has 0 radical (unpaired) electrons. The van der Waals surface area contributed by atoms with Crippen molar-refractivity contribution in [3.8, 4) is 0 Å². The van der Waals surface area contributed by atoms with E-state index in [0.29, 0.717) is 11.8 Å². The van der Waals surface area contributed by atoms with Gasteiger partial charge in [0.25, 0.3) is 0 Å². The van der Waals surface area contributed by atoms with Crippen LogP contribution in [0.4, 0.5) is 0 Å². The Hall–Kier alpha value is -0.610. The van der Waals surface area contributed by atoms with E-state index < -0.39 is 17.5 Å². The maximum Gasteiger partial charge on any atom is 0.309 e. The van der Waals surface area contributed by atoms with Gasteiger partial charge in [-0.15, -0.1) is 0 Å². The van der Waals surface area contributed by atoms with Crippen molar-refractivity contribution in [2.75, 3.05) is 0 Å². The third-order valence-corrected chi connectivity index (χ3v) is 13.6. The summed E-state index contributed by atoms with van der Waals surface area (Å²) in [6.07, 6.45) is 8.56. The lowest BCUT2D eigenvalue weighted by Crippen LogP contribution is -2.70. The van der Waals surface area contributed by atoms with Crippen molar-refractivity contribution < 1.29 is 20.1 Å². The van der Waals surface area contributed by atoms with Crippen LogP contribution in [-0.2, 0) is 4.79 Å². The van der Waals surface area contributed by atoms with E-state index in [1.54, 1.807) is 0 Å². The van der Waals surface area contributed by atoms with Crippen LogP contribution in [0.2, 0.25) is 0 Å². The zero-order chi connectivity index (χ0) is 25.1. The highest BCUT2D eigenvalue weighted by Crippen LogP contribution is 2.77. The number of aliphatic carboxylic acids is 1. The molecule has 0 saturated heterocycles. The number of aliphatic hydroxyl groups excluding tert-OH is 2. The van der Waals surface area contributed by atoms with Gasteiger partial charge in [-0.25, -0.2) is 0 Å². The second-order valence-corrected chi connectivity index (χ2v) is 15.6. The van der Waals surface area contributed by atoms with Crippen LogP contribution in [0, 0.1) is 56.2 Å². The van der Waals surface area contributed by atoms with Crippen molar-refractivity contribution >= 4 is 5.97 Å². The minimum absolute atomic E-state index is 0.0513. The maximum atomic E-state index is 12.8. The van der Waals surface area contributed by atoms with Crippen LogP contribution in [0.5, 0.6) is 0 Å². The summed E-state index contributed by atoms with van der Waals surface area (Å²) in [4.78, 5) is 12.8. The molecular weight excluding hydrogens is 424 g/mol. The SMILES string of the molecule is CC1(C)CC[C@]2(C(=O)O)CC[C@]3(C)[C@H]([C@H](O)C[C@@H]4[C@@]5(C)CC[C@H](O)C(C)(C)[C@@H]5CC[C@]43C)[C@@H]2C1. The van der Waals surface area contributed by atoms with E-state index in [0.717, 1.165) is 64.2 Å². The van der Waals surface area contributed by atoms with E-state index in [1.165, 1.54) is 0 Å². The third kappa shape index (κ3) is 2.93. The molecule has 0 unspecified atom stereocenters. The van der Waals surface area contributed by atoms with Gasteiger partial charge in [0.05, 0.1) is 17.6 Å². The molecule has 0 heterocycles. The monoisotopic (exact) mass is 474 g/mol. The summed E-state index contributed by atoms with van der Waals surface area (Å²) in [6, 6.07) is 0. The van der Waals surface area contributed by atoms with Crippen LogP contribution in [0.1, 0.15) is 113 Å². The zero-order valence-electron chi connectivity index (χ0n) is 22.8. The molecule has 3 N–H and O–H groups in total. The van der Waals surface area contributed by atoms with Crippen molar-refractivity contribution in [2.45, 2.75) is 125 Å². The van der Waals surface area contributed by atoms with Crippen LogP contribution in [0.3, 0.4) is 0 Å². The standard InChI is InChI=1S/C30H50O4/c1-25(2)12-14-30(24(33)34)15-13-29(7)23(18(30)17-25)19(31)16-21-27(5)10-9-22(32)26(3,4)20(27)8-11-28(21,29)6/h18-23,31-32H,8-17H2,1-7H3,(H,33,34)/t18-,19+,20-,21+,22-,23-,27-,28+,29+,30-/m0/s1. The smallest absolute Gasteiger partial charge is 0.309 e. The van der Waals surface area contributed by atoms with E-state index in [1.807, 2.05) is 0 Å². The predicted molar refractivity (Wildman–Crippen MR) is 134 cm³/mol. The largest absolute Gasteiger partial charge is 0.481 e. The fourth-order valence-corrected chi connectivity index (χ4v) is 11.4. The Labute approximate surface area is 207 Å². The first-order valence-corrected chi connectivity index (χ1v) is 14.1. The van der Waals surface area contributed by atoms with Gasteiger partial charge in [0.15, 0.2) is 0 Å². The van der Waals surface area contributed by atoms with Crippen LogP contribution in [0.25, 0.3) is 0 Å². The zero-order valence-corrected chi connectivity index (χ0v) is 22.8. The van der Waals surface area contributed by atoms with Gasteiger partial charge in [-0.1, -0.05) is 48.5 Å². The van der Waals surface area contributed by atoms with Gasteiger partial charge in [-0.2, -0.15) is 0 Å². The summed E-state index contributed by atoms with van der Waals surface area (Å²) in [5.41, 5.74) is -0.491. The van der Waals surface area contributed by atoms with Crippen molar-refractivity contribution in [1.82, 2.24) is 0 Å². The predicted octanol–water partition coefficient (Wildman–Crippen LogP) is 6.28. The highest BCUT2D eigenvalue weighted by molar-refractivity contribution is 5.75. The van der Waals surface area contributed by atoms with E-state index in [-0.39, 0.29) is 45.0 Å². The molecule has 5 rings (SSSR count). The Morgan fingerprint density at radius 2 is 1.41 bits per heavy atom. The van der Waals surface area contributed by atoms with Crippen molar-refractivity contribution in [1.29, 1.82) is 0 Å². The number of rotatable bonds is 1. The second kappa shape index (κ2) is 7.24. The minimum atomic E-state index is -0.665. The Kier molecular flexibility index (Phi) is 5.34. The Bertz CT molecular complexity index is 864. The first-order chi connectivity index (χ1) is 15.6. The van der Waals surface area contributed by atoms with Crippen molar-refractivity contribution in [2.24, 2.45) is 56.2 Å². The lowest BCUT2D eigenvalue weighted by molar-refractivity contribution is -0.278. The minimum Gasteiger partial charge on any atom is -0.481 e. The number of carboxylic acids is 1. The normalized spacial score (nSPS) is 55.8. The number of hydrogen-bond donors (Lipinski definition) is 3. The highest BCUT2D eigenvalue weighted by Gasteiger charge is 2.72. The Morgan fingerprint density at radius 3 is 2.06 bits per heavy atom. The van der Waals surface area contributed by atoms with Crippen molar-refractivity contribution in [3.05, 3.63) is 0 Å². The molecule has 0 aliphatic heterocycles. The van der Waals surface area contributed by atoms with Gasteiger partial charge >= 0.3 is 5.97 Å². The van der Waals surface area contributed by atoms with E-state index in [2.05, 4.69) is 48.5 Å². The molecule has 0 aromatic heterocycles. The average molecular weight is 475 g/mol. The number of carbonyl (C=O) groups is 1. The van der Waals surface area contributed by atoms with Gasteiger partial charge < -0.3 is 15.3 Å². The third-order valence-electron chi connectivity index (χ3n) is 13.6. The van der Waals surface area contributed by atoms with Crippen molar-refractivity contribution in [3.63, 3.8) is 0 Å². The molecule has 0 aromatic carbocycles. The molecule has 0 aromatic rings. The lowest BCUT2D eigenvalue weighted by Gasteiger charge is -2.74. The fraction of sp³-hybridized carbons (Fsp3) is 0.967. The fourth-order valence-electron chi connectivity index (χ4n) is 11.4. The summed E-state index contributed by atoms with van der Waals surface area (Å²) >= 11 is 0. The molecule has 5 saturated carbocycles. The number of carboxylic acid groups (broad SMARTS) is 1. The molecule has 5 aliphatic rings. The molecule has 34 heavy (non-hydrogen) atoms. The summed E-state index contributed by atoms with van der Waals surface area (Å²) < 4.78 is 0. The van der Waals surface area contributed by atoms with Crippen LogP contribution in [0.15, 0.2) is 0 Å². The molecule has 194 valence electrons. The van der Waals surface area contributed by atoms with E-state index in [9.17, 15) is 20.1 Å². The molecule has 5 fully saturated rings. The first kappa shape index (κ1) is 25.1. The maximum absolute atomic E-state index is 12.8. The molecule has 5 aliphatic carbocycles. The topological polar surface area (TPSA) is 77.8 Å². The van der Waals surface area contributed by atoms with Gasteiger partial charge in [0, 0.05) is 0 Å². The molecule has 0 spiro atoms. The number of aliphatic hydroxyl groups is 2. The van der Waals surface area contributed by atoms with Crippen LogP contribution < -0.4 is 0 Å². The van der Waals surface area contributed by atoms with Gasteiger partial charge in [-0.05, 0) is 115 Å². The summed E-state index contributed by atoms with van der Waals surface area (Å²) in [5.74, 6) is 0.365. The molecule has 10 atom stereocenters. The molecule has 4 heteroatoms. The van der Waals surface area contributed by atoms with Gasteiger partial charge in [0.1, 0.15) is 0 Å². The second-order valence-electron chi connectivity index (χ2n) is 15.6. The number of fused-ring (bicyclic) bond motifs is 7. The van der Waals surface area contributed by atoms with Crippen LogP contribution >= 0.6 is 0 Å². The highest BCUT2D eigenvalue weighted by atomic mass is 16.4. The number of hydrogen-bond acceptors (Lipinski definition) is 3. The van der Waals surface area contributed by atoms with Crippen LogP contribution in [-0.4, -0.2) is 33.5 Å².